The lowest BCUT2D eigenvalue weighted by atomic mass is 9.97. The van der Waals surface area contributed by atoms with Gasteiger partial charge in [0.2, 0.25) is 11.8 Å². The van der Waals surface area contributed by atoms with E-state index in [9.17, 15) is 9.59 Å². The molecule has 0 unspecified atom stereocenters. The van der Waals surface area contributed by atoms with Crippen LogP contribution >= 0.6 is 11.6 Å². The van der Waals surface area contributed by atoms with Crippen LogP contribution in [0.1, 0.15) is 18.4 Å². The van der Waals surface area contributed by atoms with E-state index in [4.69, 9.17) is 17.3 Å². The molecule has 1 saturated heterocycles. The number of hydrogen-bond donors (Lipinski definition) is 1. The van der Waals surface area contributed by atoms with Gasteiger partial charge in [0.25, 0.3) is 0 Å². The Kier molecular flexibility index (Phi) is 4.37. The van der Waals surface area contributed by atoms with Gasteiger partial charge in [-0.15, -0.1) is 0 Å². The van der Waals surface area contributed by atoms with Gasteiger partial charge in [0.15, 0.2) is 0 Å². The zero-order chi connectivity index (χ0) is 13.8. The van der Waals surface area contributed by atoms with E-state index in [0.717, 1.165) is 12.8 Å². The maximum Gasteiger partial charge on any atom is 0.227 e. The van der Waals surface area contributed by atoms with Crippen molar-refractivity contribution in [1.82, 2.24) is 9.88 Å². The van der Waals surface area contributed by atoms with Crippen molar-refractivity contribution >= 4 is 23.4 Å². The van der Waals surface area contributed by atoms with Crippen molar-refractivity contribution in [2.24, 2.45) is 11.7 Å². The molecule has 0 radical (unpaired) electrons. The number of halogens is 1. The SMILES string of the molecule is NC(=O)[C@H]1CCCN(C(=O)Cc2cccnc2Cl)C1. The smallest absolute Gasteiger partial charge is 0.227 e. The fourth-order valence-electron chi connectivity index (χ4n) is 2.26. The van der Waals surface area contributed by atoms with Crippen LogP contribution in [0.2, 0.25) is 5.15 Å². The lowest BCUT2D eigenvalue weighted by Gasteiger charge is -2.31. The van der Waals surface area contributed by atoms with Crippen molar-refractivity contribution in [3.05, 3.63) is 29.0 Å². The van der Waals surface area contributed by atoms with Crippen LogP contribution in [-0.4, -0.2) is 34.8 Å². The van der Waals surface area contributed by atoms with Crippen LogP contribution in [0.4, 0.5) is 0 Å². The normalized spacial score (nSPS) is 19.2. The lowest BCUT2D eigenvalue weighted by molar-refractivity contribution is -0.134. The molecule has 1 aliphatic rings. The third kappa shape index (κ3) is 3.44. The summed E-state index contributed by atoms with van der Waals surface area (Å²) in [5, 5.41) is 0.347. The van der Waals surface area contributed by atoms with Crippen LogP contribution in [0, 0.1) is 5.92 Å². The van der Waals surface area contributed by atoms with E-state index in [-0.39, 0.29) is 24.2 Å². The van der Waals surface area contributed by atoms with Crippen LogP contribution in [-0.2, 0) is 16.0 Å². The number of nitrogens with two attached hydrogens (primary N) is 1. The van der Waals surface area contributed by atoms with Gasteiger partial charge < -0.3 is 10.6 Å². The van der Waals surface area contributed by atoms with Gasteiger partial charge >= 0.3 is 0 Å². The number of carbonyl (C=O) groups is 2. The molecule has 6 heteroatoms. The third-order valence-corrected chi connectivity index (χ3v) is 3.69. The van der Waals surface area contributed by atoms with Gasteiger partial charge in [-0.05, 0) is 24.5 Å². The first kappa shape index (κ1) is 13.8. The van der Waals surface area contributed by atoms with Gasteiger partial charge in [-0.2, -0.15) is 0 Å². The number of carbonyl (C=O) groups excluding carboxylic acids is 2. The van der Waals surface area contributed by atoms with Gasteiger partial charge in [-0.25, -0.2) is 4.98 Å². The Labute approximate surface area is 116 Å². The maximum absolute atomic E-state index is 12.2. The average molecular weight is 282 g/mol. The summed E-state index contributed by atoms with van der Waals surface area (Å²) in [6.07, 6.45) is 3.35. The Hall–Kier alpha value is -1.62. The van der Waals surface area contributed by atoms with Gasteiger partial charge in [-0.1, -0.05) is 17.7 Å². The molecule has 0 spiro atoms. The molecule has 5 nitrogen and oxygen atoms in total. The summed E-state index contributed by atoms with van der Waals surface area (Å²) in [7, 11) is 0. The van der Waals surface area contributed by atoms with E-state index < -0.39 is 0 Å². The topological polar surface area (TPSA) is 76.3 Å². The second-order valence-electron chi connectivity index (χ2n) is 4.71. The Bertz CT molecular complexity index is 493. The Morgan fingerprint density at radius 1 is 1.53 bits per heavy atom. The first-order chi connectivity index (χ1) is 9.08. The highest BCUT2D eigenvalue weighted by Gasteiger charge is 2.27. The highest BCUT2D eigenvalue weighted by molar-refractivity contribution is 6.30. The zero-order valence-electron chi connectivity index (χ0n) is 10.5. The minimum Gasteiger partial charge on any atom is -0.369 e. The highest BCUT2D eigenvalue weighted by atomic mass is 35.5. The number of pyridine rings is 1. The maximum atomic E-state index is 12.2. The standard InChI is InChI=1S/C13H16ClN3O2/c14-12-9(3-1-5-16-12)7-11(18)17-6-2-4-10(8-17)13(15)19/h1,3,5,10H,2,4,6-8H2,(H2,15,19)/t10-/m0/s1. The Morgan fingerprint density at radius 3 is 3.00 bits per heavy atom. The molecule has 1 aromatic heterocycles. The van der Waals surface area contributed by atoms with Crippen LogP contribution in [0.3, 0.4) is 0 Å². The van der Waals surface area contributed by atoms with Crippen LogP contribution in [0.15, 0.2) is 18.3 Å². The predicted molar refractivity (Wildman–Crippen MR) is 71.4 cm³/mol. The molecule has 1 aromatic rings. The molecule has 1 atom stereocenters. The predicted octanol–water partition coefficient (Wildman–Crippen LogP) is 1.00. The number of primary amides is 1. The second-order valence-corrected chi connectivity index (χ2v) is 5.07. The van der Waals surface area contributed by atoms with Crippen molar-refractivity contribution in [3.63, 3.8) is 0 Å². The molecule has 102 valence electrons. The minimum atomic E-state index is -0.336. The number of piperidine rings is 1. The molecule has 1 aliphatic heterocycles. The van der Waals surface area contributed by atoms with Crippen molar-refractivity contribution < 1.29 is 9.59 Å². The van der Waals surface area contributed by atoms with Gasteiger partial charge in [0, 0.05) is 19.3 Å². The summed E-state index contributed by atoms with van der Waals surface area (Å²) >= 11 is 5.93. The monoisotopic (exact) mass is 281 g/mol. The fraction of sp³-hybridized carbons (Fsp3) is 0.462. The summed E-state index contributed by atoms with van der Waals surface area (Å²) in [6, 6.07) is 3.53. The number of nitrogens with zero attached hydrogens (tertiary/aromatic N) is 2. The molecule has 0 saturated carbocycles. The van der Waals surface area contributed by atoms with Gasteiger partial charge in [0.05, 0.1) is 12.3 Å². The van der Waals surface area contributed by atoms with Crippen LogP contribution < -0.4 is 5.73 Å². The van der Waals surface area contributed by atoms with Crippen molar-refractivity contribution in [1.29, 1.82) is 0 Å². The third-order valence-electron chi connectivity index (χ3n) is 3.35. The number of rotatable bonds is 3. The summed E-state index contributed by atoms with van der Waals surface area (Å²) in [5.41, 5.74) is 6.00. The molecule has 2 N–H and O–H groups in total. The lowest BCUT2D eigenvalue weighted by Crippen LogP contribution is -2.44. The molecular formula is C13H16ClN3O2. The molecule has 0 aliphatic carbocycles. The molecule has 1 fully saturated rings. The van der Waals surface area contributed by atoms with E-state index in [0.29, 0.717) is 23.8 Å². The summed E-state index contributed by atoms with van der Waals surface area (Å²) < 4.78 is 0. The van der Waals surface area contributed by atoms with Gasteiger partial charge in [-0.3, -0.25) is 9.59 Å². The summed E-state index contributed by atoms with van der Waals surface area (Å²) in [6.45, 7) is 1.08. The molecular weight excluding hydrogens is 266 g/mol. The molecule has 0 aromatic carbocycles. The van der Waals surface area contributed by atoms with E-state index >= 15 is 0 Å². The van der Waals surface area contributed by atoms with Crippen molar-refractivity contribution in [3.8, 4) is 0 Å². The first-order valence-electron chi connectivity index (χ1n) is 6.24. The van der Waals surface area contributed by atoms with E-state index in [2.05, 4.69) is 4.98 Å². The molecule has 2 rings (SSSR count). The van der Waals surface area contributed by atoms with Crippen LogP contribution in [0.5, 0.6) is 0 Å². The van der Waals surface area contributed by atoms with Crippen molar-refractivity contribution in [2.75, 3.05) is 13.1 Å². The first-order valence-corrected chi connectivity index (χ1v) is 6.62. The number of hydrogen-bond acceptors (Lipinski definition) is 3. The second kappa shape index (κ2) is 6.02. The van der Waals surface area contributed by atoms with E-state index in [1.54, 1.807) is 23.2 Å². The summed E-state index contributed by atoms with van der Waals surface area (Å²) in [4.78, 5) is 29.0. The number of aromatic nitrogens is 1. The molecule has 19 heavy (non-hydrogen) atoms. The Balaban J connectivity index is 2.00. The van der Waals surface area contributed by atoms with Crippen LogP contribution in [0.25, 0.3) is 0 Å². The van der Waals surface area contributed by atoms with E-state index in [1.165, 1.54) is 0 Å². The van der Waals surface area contributed by atoms with E-state index in [1.807, 2.05) is 0 Å². The zero-order valence-corrected chi connectivity index (χ0v) is 11.3. The van der Waals surface area contributed by atoms with Crippen molar-refractivity contribution in [2.45, 2.75) is 19.3 Å². The molecule has 0 bridgehead atoms. The minimum absolute atomic E-state index is 0.0409. The average Bonchev–Trinajstić information content (AvgIpc) is 2.41. The summed E-state index contributed by atoms with van der Waals surface area (Å²) in [5.74, 6) is -0.611. The highest BCUT2D eigenvalue weighted by Crippen LogP contribution is 2.18. The molecule has 2 amide bonds. The fourth-order valence-corrected chi connectivity index (χ4v) is 2.45. The molecule has 2 heterocycles. The largest absolute Gasteiger partial charge is 0.369 e. The number of amides is 2. The number of likely N-dealkylation sites (tertiary alicyclic amines) is 1. The quantitative estimate of drug-likeness (QED) is 0.840. The Morgan fingerprint density at radius 2 is 2.32 bits per heavy atom. The van der Waals surface area contributed by atoms with Gasteiger partial charge in [0.1, 0.15) is 5.15 Å².